The third-order valence-electron chi connectivity index (χ3n) is 4.36. The smallest absolute Gasteiger partial charge is 0.251 e. The van der Waals surface area contributed by atoms with E-state index in [0.29, 0.717) is 30.2 Å². The van der Waals surface area contributed by atoms with Gasteiger partial charge in [-0.25, -0.2) is 0 Å². The molecule has 1 amide bonds. The van der Waals surface area contributed by atoms with E-state index in [9.17, 15) is 4.79 Å². The van der Waals surface area contributed by atoms with Crippen LogP contribution in [0.2, 0.25) is 5.02 Å². The van der Waals surface area contributed by atoms with Crippen molar-refractivity contribution in [3.8, 4) is 0 Å². The average molecular weight is 386 g/mol. The van der Waals surface area contributed by atoms with Crippen molar-refractivity contribution in [1.29, 1.82) is 0 Å². The third-order valence-corrected chi connectivity index (χ3v) is 4.73. The normalized spacial score (nSPS) is 11.0. The molecule has 0 aliphatic heterocycles. The van der Waals surface area contributed by atoms with Crippen LogP contribution in [0.5, 0.6) is 0 Å². The summed E-state index contributed by atoms with van der Waals surface area (Å²) in [5.74, 6) is -0.0695. The zero-order chi connectivity index (χ0) is 19.4. The van der Waals surface area contributed by atoms with Crippen molar-refractivity contribution in [1.82, 2.24) is 24.9 Å². The molecule has 0 aliphatic carbocycles. The van der Waals surface area contributed by atoms with Crippen molar-refractivity contribution >= 4 is 17.5 Å². The lowest BCUT2D eigenvalue weighted by Gasteiger charge is -2.08. The minimum atomic E-state index is -0.0695. The van der Waals surface area contributed by atoms with E-state index in [1.165, 1.54) is 0 Å². The van der Waals surface area contributed by atoms with Gasteiger partial charge in [0.15, 0.2) is 0 Å². The van der Waals surface area contributed by atoms with Gasteiger partial charge in [0, 0.05) is 30.5 Å². The highest BCUT2D eigenvalue weighted by Gasteiger charge is 2.08. The molecular formula is C20H24ClN5O. The standard InChI is InChI=1S/C20H24ClN5O/c1-14-10-15(2)26(23-14)12-17-6-4-7-18(11-17)20(27)22-8-5-9-25-13-19(21)16(3)24-25/h4,6-7,10-11,13H,5,8-9,12H2,1-3H3,(H,22,27). The Labute approximate surface area is 164 Å². The molecule has 0 bridgehead atoms. The Bertz CT molecular complexity index is 924. The number of hydrogen-bond acceptors (Lipinski definition) is 3. The van der Waals surface area contributed by atoms with Gasteiger partial charge in [-0.3, -0.25) is 14.2 Å². The molecule has 3 aromatic rings. The molecule has 3 rings (SSSR count). The van der Waals surface area contributed by atoms with Crippen LogP contribution >= 0.6 is 11.6 Å². The highest BCUT2D eigenvalue weighted by Crippen LogP contribution is 2.12. The Morgan fingerprint density at radius 1 is 1.19 bits per heavy atom. The summed E-state index contributed by atoms with van der Waals surface area (Å²) in [6, 6.07) is 9.71. The van der Waals surface area contributed by atoms with Crippen molar-refractivity contribution in [2.75, 3.05) is 6.54 Å². The number of nitrogens with one attached hydrogen (secondary N) is 1. The Morgan fingerprint density at radius 3 is 2.67 bits per heavy atom. The number of amides is 1. The fraction of sp³-hybridized carbons (Fsp3) is 0.350. The van der Waals surface area contributed by atoms with E-state index in [-0.39, 0.29) is 5.91 Å². The van der Waals surface area contributed by atoms with Gasteiger partial charge in [0.2, 0.25) is 0 Å². The summed E-state index contributed by atoms with van der Waals surface area (Å²) in [7, 11) is 0. The molecule has 0 fully saturated rings. The van der Waals surface area contributed by atoms with E-state index >= 15 is 0 Å². The molecule has 0 aliphatic rings. The van der Waals surface area contributed by atoms with Crippen LogP contribution in [0.3, 0.4) is 0 Å². The summed E-state index contributed by atoms with van der Waals surface area (Å²) in [6.07, 6.45) is 2.59. The highest BCUT2D eigenvalue weighted by molar-refractivity contribution is 6.31. The van der Waals surface area contributed by atoms with Crippen molar-refractivity contribution in [3.63, 3.8) is 0 Å². The maximum Gasteiger partial charge on any atom is 0.251 e. The predicted molar refractivity (Wildman–Crippen MR) is 106 cm³/mol. The summed E-state index contributed by atoms with van der Waals surface area (Å²) in [5, 5.41) is 12.4. The Hall–Kier alpha value is -2.60. The Morgan fingerprint density at radius 2 is 2.00 bits per heavy atom. The first-order valence-corrected chi connectivity index (χ1v) is 9.38. The molecule has 0 radical (unpaired) electrons. The lowest BCUT2D eigenvalue weighted by Crippen LogP contribution is -2.25. The number of nitrogens with zero attached hydrogens (tertiary/aromatic N) is 4. The van der Waals surface area contributed by atoms with Gasteiger partial charge in [0.25, 0.3) is 5.91 Å². The minimum absolute atomic E-state index is 0.0695. The van der Waals surface area contributed by atoms with Crippen molar-refractivity contribution in [3.05, 3.63) is 69.8 Å². The Kier molecular flexibility index (Phi) is 5.96. The number of carbonyl (C=O) groups is 1. The van der Waals surface area contributed by atoms with Crippen molar-refractivity contribution in [2.24, 2.45) is 0 Å². The van der Waals surface area contributed by atoms with Gasteiger partial charge >= 0.3 is 0 Å². The first-order valence-electron chi connectivity index (χ1n) is 9.00. The van der Waals surface area contributed by atoms with Gasteiger partial charge in [-0.05, 0) is 51.0 Å². The quantitative estimate of drug-likeness (QED) is 0.633. The number of rotatable bonds is 7. The molecular weight excluding hydrogens is 362 g/mol. The first-order chi connectivity index (χ1) is 12.9. The van der Waals surface area contributed by atoms with E-state index in [2.05, 4.69) is 15.5 Å². The lowest BCUT2D eigenvalue weighted by molar-refractivity contribution is 0.0952. The minimum Gasteiger partial charge on any atom is -0.352 e. The SMILES string of the molecule is Cc1cc(C)n(Cc2cccc(C(=O)NCCCn3cc(Cl)c(C)n3)c2)n1. The molecule has 0 spiro atoms. The first kappa shape index (κ1) is 19.2. The maximum absolute atomic E-state index is 12.4. The molecule has 1 aromatic carbocycles. The van der Waals surface area contributed by atoms with Crippen LogP contribution < -0.4 is 5.32 Å². The zero-order valence-electron chi connectivity index (χ0n) is 15.9. The summed E-state index contributed by atoms with van der Waals surface area (Å²) >= 11 is 6.00. The number of benzene rings is 1. The summed E-state index contributed by atoms with van der Waals surface area (Å²) in [6.45, 7) is 7.83. The predicted octanol–water partition coefficient (Wildman–Crippen LogP) is 3.53. The van der Waals surface area contributed by atoms with E-state index in [4.69, 9.17) is 11.6 Å². The van der Waals surface area contributed by atoms with Gasteiger partial charge in [0.1, 0.15) is 0 Å². The maximum atomic E-state index is 12.4. The van der Waals surface area contributed by atoms with Gasteiger partial charge in [0.05, 0.1) is 23.0 Å². The zero-order valence-corrected chi connectivity index (χ0v) is 16.6. The van der Waals surface area contributed by atoms with Crippen LogP contribution in [0.4, 0.5) is 0 Å². The second-order valence-electron chi connectivity index (χ2n) is 6.72. The largest absolute Gasteiger partial charge is 0.352 e. The number of aromatic nitrogens is 4. The third kappa shape index (κ3) is 4.98. The van der Waals surface area contributed by atoms with Crippen molar-refractivity contribution < 1.29 is 4.79 Å². The number of halogens is 1. The van der Waals surface area contributed by atoms with Gasteiger partial charge < -0.3 is 5.32 Å². The van der Waals surface area contributed by atoms with Crippen LogP contribution in [0.25, 0.3) is 0 Å². The van der Waals surface area contributed by atoms with Crippen LogP contribution in [-0.2, 0) is 13.1 Å². The van der Waals surface area contributed by atoms with Gasteiger partial charge in [-0.2, -0.15) is 10.2 Å². The van der Waals surface area contributed by atoms with Crippen LogP contribution in [0.15, 0.2) is 36.5 Å². The van der Waals surface area contributed by atoms with Crippen LogP contribution in [0.1, 0.15) is 39.4 Å². The van der Waals surface area contributed by atoms with Gasteiger partial charge in [-0.1, -0.05) is 23.7 Å². The second-order valence-corrected chi connectivity index (χ2v) is 7.13. The fourth-order valence-electron chi connectivity index (χ4n) is 2.97. The molecule has 2 aromatic heterocycles. The molecule has 0 atom stereocenters. The molecule has 27 heavy (non-hydrogen) atoms. The molecule has 1 N–H and O–H groups in total. The average Bonchev–Trinajstić information content (AvgIpc) is 3.12. The van der Waals surface area contributed by atoms with E-state index in [0.717, 1.165) is 29.1 Å². The molecule has 0 unspecified atom stereocenters. The molecule has 6 nitrogen and oxygen atoms in total. The molecule has 0 saturated heterocycles. The summed E-state index contributed by atoms with van der Waals surface area (Å²) in [5.41, 5.74) is 4.63. The van der Waals surface area contributed by atoms with Crippen molar-refractivity contribution in [2.45, 2.75) is 40.3 Å². The van der Waals surface area contributed by atoms with E-state index in [1.807, 2.05) is 55.8 Å². The molecule has 2 heterocycles. The monoisotopic (exact) mass is 385 g/mol. The topological polar surface area (TPSA) is 64.7 Å². The lowest BCUT2D eigenvalue weighted by atomic mass is 10.1. The van der Waals surface area contributed by atoms with Crippen LogP contribution in [-0.4, -0.2) is 32.0 Å². The summed E-state index contributed by atoms with van der Waals surface area (Å²) in [4.78, 5) is 12.4. The second kappa shape index (κ2) is 8.39. The fourth-order valence-corrected chi connectivity index (χ4v) is 3.12. The number of hydrogen-bond donors (Lipinski definition) is 1. The highest BCUT2D eigenvalue weighted by atomic mass is 35.5. The molecule has 0 saturated carbocycles. The number of aryl methyl sites for hydroxylation is 4. The van der Waals surface area contributed by atoms with Crippen LogP contribution in [0, 0.1) is 20.8 Å². The van der Waals surface area contributed by atoms with E-state index < -0.39 is 0 Å². The Balaban J connectivity index is 1.53. The summed E-state index contributed by atoms with van der Waals surface area (Å²) < 4.78 is 3.75. The molecule has 142 valence electrons. The molecule has 7 heteroatoms. The number of carbonyl (C=O) groups excluding carboxylic acids is 1. The van der Waals surface area contributed by atoms with Gasteiger partial charge in [-0.15, -0.1) is 0 Å². The van der Waals surface area contributed by atoms with E-state index in [1.54, 1.807) is 10.9 Å².